The quantitative estimate of drug-likeness (QED) is 0.299. The summed E-state index contributed by atoms with van der Waals surface area (Å²) in [6, 6.07) is 5.58. The predicted molar refractivity (Wildman–Crippen MR) is 113 cm³/mol. The zero-order chi connectivity index (χ0) is 25.2. The van der Waals surface area contributed by atoms with Crippen molar-refractivity contribution >= 4 is 23.9 Å². The molecule has 0 saturated carbocycles. The van der Waals surface area contributed by atoms with Crippen molar-refractivity contribution in [2.45, 2.75) is 45.3 Å². The van der Waals surface area contributed by atoms with E-state index in [0.29, 0.717) is 17.5 Å². The summed E-state index contributed by atoms with van der Waals surface area (Å²) >= 11 is 0. The summed E-state index contributed by atoms with van der Waals surface area (Å²) in [7, 11) is 0. The Bertz CT molecular complexity index is 1110. The number of alkyl halides is 5. The number of nitrogens with one attached hydrogen (secondary N) is 2. The summed E-state index contributed by atoms with van der Waals surface area (Å²) in [6.45, 7) is -1.87. The molecular weight excluding hydrogens is 463 g/mol. The fourth-order valence-corrected chi connectivity index (χ4v) is 3.68. The van der Waals surface area contributed by atoms with E-state index < -0.39 is 37.0 Å². The van der Waals surface area contributed by atoms with E-state index >= 15 is 0 Å². The molecule has 1 amide bonds. The Morgan fingerprint density at radius 2 is 2.06 bits per heavy atom. The molecule has 1 aromatic carbocycles. The molecule has 4 N–H and O–H groups in total. The van der Waals surface area contributed by atoms with Gasteiger partial charge >= 0.3 is 12.8 Å². The van der Waals surface area contributed by atoms with Crippen molar-refractivity contribution in [3.8, 4) is 5.75 Å². The van der Waals surface area contributed by atoms with Crippen LogP contribution in [0.2, 0.25) is 0 Å². The first-order valence-electron chi connectivity index (χ1n) is 9.99. The Labute approximate surface area is 191 Å². The Kier molecular flexibility index (Phi) is 7.15. The van der Waals surface area contributed by atoms with E-state index in [1.165, 1.54) is 42.2 Å². The lowest BCUT2D eigenvalue weighted by Gasteiger charge is -2.27. The fourth-order valence-electron chi connectivity index (χ4n) is 3.68. The largest absolute Gasteiger partial charge is 0.435 e. The number of fused-ring (bicyclic) bond motifs is 1. The van der Waals surface area contributed by atoms with Gasteiger partial charge in [-0.15, -0.1) is 0 Å². The number of rotatable bonds is 8. The van der Waals surface area contributed by atoms with Gasteiger partial charge in [0.25, 0.3) is 5.91 Å². The molecule has 8 nitrogen and oxygen atoms in total. The van der Waals surface area contributed by atoms with E-state index in [2.05, 4.69) is 9.72 Å². The first-order chi connectivity index (χ1) is 15.9. The Morgan fingerprint density at radius 3 is 2.65 bits per heavy atom. The zero-order valence-corrected chi connectivity index (χ0v) is 17.9. The van der Waals surface area contributed by atoms with Gasteiger partial charge in [-0.3, -0.25) is 20.5 Å². The summed E-state index contributed by atoms with van der Waals surface area (Å²) < 4.78 is 68.0. The Hall–Kier alpha value is -3.61. The number of amides is 1. The maximum Gasteiger partial charge on any atom is 0.391 e. The topological polar surface area (TPSA) is 119 Å². The average Bonchev–Trinajstić information content (AvgIpc) is 3.08. The van der Waals surface area contributed by atoms with Crippen LogP contribution in [0.3, 0.4) is 0 Å². The summed E-state index contributed by atoms with van der Waals surface area (Å²) in [6.07, 6.45) is -5.12. The molecule has 2 heterocycles. The first kappa shape index (κ1) is 25.0. The highest BCUT2D eigenvalue weighted by Gasteiger charge is 2.35. The van der Waals surface area contributed by atoms with Gasteiger partial charge in [-0.05, 0) is 42.3 Å². The number of nitrogens with two attached hydrogens (primary N) is 1. The summed E-state index contributed by atoms with van der Waals surface area (Å²) in [5.74, 6) is -1.13. The third-order valence-electron chi connectivity index (χ3n) is 5.21. The first-order valence-corrected chi connectivity index (χ1v) is 9.99. The molecule has 182 valence electrons. The van der Waals surface area contributed by atoms with Gasteiger partial charge < -0.3 is 15.4 Å². The number of amidine groups is 1. The monoisotopic (exact) mass is 484 g/mol. The molecule has 1 aromatic heterocycles. The maximum absolute atomic E-state index is 13.0. The van der Waals surface area contributed by atoms with Crippen molar-refractivity contribution in [1.29, 1.82) is 10.8 Å². The number of benzene rings is 1. The number of pyridine rings is 1. The molecule has 1 unspecified atom stereocenters. The van der Waals surface area contributed by atoms with Gasteiger partial charge in [0.15, 0.2) is 5.84 Å². The molecule has 0 aliphatic carbocycles. The van der Waals surface area contributed by atoms with E-state index in [0.717, 1.165) is 4.90 Å². The van der Waals surface area contributed by atoms with Crippen LogP contribution in [-0.4, -0.2) is 46.8 Å². The Balaban J connectivity index is 1.90. The van der Waals surface area contributed by atoms with E-state index in [1.807, 2.05) is 0 Å². The van der Waals surface area contributed by atoms with E-state index in [1.54, 1.807) is 0 Å². The number of anilines is 1. The minimum atomic E-state index is -4.49. The highest BCUT2D eigenvalue weighted by atomic mass is 19.4. The van der Waals surface area contributed by atoms with Crippen molar-refractivity contribution in [2.75, 3.05) is 4.90 Å². The molecule has 13 heteroatoms. The number of aromatic nitrogens is 1. The lowest BCUT2D eigenvalue weighted by molar-refractivity contribution is -0.141. The molecule has 0 saturated heterocycles. The number of ether oxygens (including phenoxy) is 1. The van der Waals surface area contributed by atoms with Gasteiger partial charge in [0.05, 0.1) is 19.3 Å². The lowest BCUT2D eigenvalue weighted by atomic mass is 10.0. The lowest BCUT2D eigenvalue weighted by Crippen LogP contribution is -2.40. The van der Waals surface area contributed by atoms with Crippen LogP contribution in [0.1, 0.15) is 40.5 Å². The molecule has 0 fully saturated rings. The second kappa shape index (κ2) is 9.71. The van der Waals surface area contributed by atoms with Crippen LogP contribution in [0.25, 0.3) is 0 Å². The number of carbonyl (C=O) groups is 1. The van der Waals surface area contributed by atoms with Crippen LogP contribution >= 0.6 is 0 Å². The van der Waals surface area contributed by atoms with Gasteiger partial charge in [0, 0.05) is 18.2 Å². The van der Waals surface area contributed by atoms with Crippen molar-refractivity contribution in [3.63, 3.8) is 0 Å². The minimum Gasteiger partial charge on any atom is -0.435 e. The van der Waals surface area contributed by atoms with Crippen LogP contribution in [0.4, 0.5) is 27.8 Å². The van der Waals surface area contributed by atoms with Crippen LogP contribution in [-0.2, 0) is 13.1 Å². The smallest absolute Gasteiger partial charge is 0.391 e. The number of carbonyl (C=O) groups excluding carboxylic acids is 1. The third-order valence-corrected chi connectivity index (χ3v) is 5.21. The third kappa shape index (κ3) is 5.30. The second-order valence-electron chi connectivity index (χ2n) is 7.52. The van der Waals surface area contributed by atoms with Gasteiger partial charge in [0.2, 0.25) is 0 Å². The highest BCUT2D eigenvalue weighted by molar-refractivity contribution is 6.10. The maximum atomic E-state index is 13.0. The summed E-state index contributed by atoms with van der Waals surface area (Å²) in [5, 5.41) is 15.7. The fraction of sp³-hybridized carbons (Fsp3) is 0.333. The normalized spacial score (nSPS) is 14.2. The predicted octanol–water partition coefficient (Wildman–Crippen LogP) is 3.88. The van der Waals surface area contributed by atoms with E-state index in [4.69, 9.17) is 16.6 Å². The van der Waals surface area contributed by atoms with E-state index in [9.17, 15) is 26.7 Å². The number of hydrogen-bond acceptors (Lipinski definition) is 6. The molecular formula is C21H21F5N6O2. The van der Waals surface area contributed by atoms with Crippen molar-refractivity contribution < 1.29 is 31.5 Å². The Morgan fingerprint density at radius 1 is 1.35 bits per heavy atom. The molecule has 0 spiro atoms. The molecule has 1 aliphatic rings. The van der Waals surface area contributed by atoms with E-state index in [-0.39, 0.29) is 35.9 Å². The summed E-state index contributed by atoms with van der Waals surface area (Å²) in [5.41, 5.74) is 6.71. The number of nitrogens with zero attached hydrogens (tertiary/aromatic N) is 3. The SMILES string of the molecule is CC(CC(F)(F)F)N(C=N)C(=N)c1cccc(N2Cc3c(CN)cc(OC(F)F)cc3C2=O)n1. The van der Waals surface area contributed by atoms with Crippen LogP contribution < -0.4 is 15.4 Å². The van der Waals surface area contributed by atoms with Gasteiger partial charge in [-0.25, -0.2) is 4.98 Å². The molecule has 0 bridgehead atoms. The minimum absolute atomic E-state index is 0.0260. The molecule has 3 rings (SSSR count). The molecule has 2 aromatic rings. The van der Waals surface area contributed by atoms with Crippen LogP contribution in [0, 0.1) is 10.8 Å². The standard InChI is InChI=1S/C21H21F5N6O2/c1-11(7-21(24,25)26)32(10-28)18(29)16-3-2-4-17(30-16)31-9-15-12(8-27)5-13(34-20(22)23)6-14(15)19(31)33/h2-6,10-11,20,28-29H,7-9,27H2,1H3. The summed E-state index contributed by atoms with van der Waals surface area (Å²) in [4.78, 5) is 19.3. The van der Waals surface area contributed by atoms with Gasteiger partial charge in [0.1, 0.15) is 17.3 Å². The van der Waals surface area contributed by atoms with Gasteiger partial charge in [-0.1, -0.05) is 6.07 Å². The number of halogens is 5. The van der Waals surface area contributed by atoms with Crippen molar-refractivity contribution in [2.24, 2.45) is 5.73 Å². The molecule has 0 radical (unpaired) electrons. The molecule has 1 atom stereocenters. The van der Waals surface area contributed by atoms with Crippen LogP contribution in [0.5, 0.6) is 5.75 Å². The molecule has 1 aliphatic heterocycles. The zero-order valence-electron chi connectivity index (χ0n) is 17.9. The second-order valence-corrected chi connectivity index (χ2v) is 7.52. The molecule has 34 heavy (non-hydrogen) atoms. The van der Waals surface area contributed by atoms with Crippen molar-refractivity contribution in [1.82, 2.24) is 9.88 Å². The van der Waals surface area contributed by atoms with Crippen molar-refractivity contribution in [3.05, 3.63) is 52.7 Å². The number of hydrogen-bond donors (Lipinski definition) is 3. The van der Waals surface area contributed by atoms with Gasteiger partial charge in [-0.2, -0.15) is 22.0 Å². The van der Waals surface area contributed by atoms with Crippen LogP contribution in [0.15, 0.2) is 30.3 Å². The highest BCUT2D eigenvalue weighted by Crippen LogP contribution is 2.33. The average molecular weight is 484 g/mol.